The van der Waals surface area contributed by atoms with Crippen LogP contribution in [0.2, 0.25) is 0 Å². The normalized spacial score (nSPS) is 15.9. The second-order valence-corrected chi connectivity index (χ2v) is 7.60. The number of hydrogen-bond acceptors (Lipinski definition) is 4. The van der Waals surface area contributed by atoms with Crippen LogP contribution >= 0.6 is 0 Å². The lowest BCUT2D eigenvalue weighted by Gasteiger charge is -2.36. The minimum atomic E-state index is 0.780. The van der Waals surface area contributed by atoms with Gasteiger partial charge in [0.05, 0.1) is 5.69 Å². The van der Waals surface area contributed by atoms with Gasteiger partial charge in [0.1, 0.15) is 6.26 Å². The molecule has 4 rings (SSSR count). The maximum Gasteiger partial charge on any atom is 0.194 e. The molecule has 0 unspecified atom stereocenters. The molecule has 1 saturated heterocycles. The molecule has 1 aliphatic rings. The van der Waals surface area contributed by atoms with E-state index in [1.807, 2.05) is 6.07 Å². The van der Waals surface area contributed by atoms with Gasteiger partial charge in [-0.1, -0.05) is 17.3 Å². The molecule has 1 aromatic carbocycles. The van der Waals surface area contributed by atoms with E-state index in [4.69, 9.17) is 9.52 Å². The summed E-state index contributed by atoms with van der Waals surface area (Å²) in [6, 6.07) is 8.51. The predicted octanol–water partition coefficient (Wildman–Crippen LogP) is 2.79. The van der Waals surface area contributed by atoms with Crippen molar-refractivity contribution in [1.82, 2.24) is 25.3 Å². The zero-order valence-electron chi connectivity index (χ0n) is 17.3. The highest BCUT2D eigenvalue weighted by Gasteiger charge is 2.20. The van der Waals surface area contributed by atoms with Crippen molar-refractivity contribution in [1.29, 1.82) is 0 Å². The molecule has 154 valence electrons. The molecular formula is C22H30N6O. The number of aromatic nitrogens is 2. The van der Waals surface area contributed by atoms with Crippen LogP contribution in [0.3, 0.4) is 0 Å². The highest BCUT2D eigenvalue weighted by Crippen LogP contribution is 2.20. The molecule has 2 N–H and O–H groups in total. The second kappa shape index (κ2) is 9.13. The number of hydrogen-bond donors (Lipinski definition) is 2. The number of nitrogens with zero attached hydrogens (tertiary/aromatic N) is 4. The molecule has 1 aliphatic heterocycles. The van der Waals surface area contributed by atoms with E-state index < -0.39 is 0 Å². The van der Waals surface area contributed by atoms with Crippen molar-refractivity contribution >= 4 is 16.9 Å². The van der Waals surface area contributed by atoms with E-state index in [0.29, 0.717) is 0 Å². The standard InChI is InChI=1S/C22H30N6O/c1-3-23-22(28-11-9-27(10-12-28)16-19-7-13-29-26-19)24-8-6-18-15-25-21-14-17(2)4-5-20(18)21/h4-5,7,13-15,25H,3,6,8-12,16H2,1-2H3,(H,23,24). The fourth-order valence-electron chi connectivity index (χ4n) is 3.88. The van der Waals surface area contributed by atoms with Crippen LogP contribution in [0.4, 0.5) is 0 Å². The molecular weight excluding hydrogens is 364 g/mol. The monoisotopic (exact) mass is 394 g/mol. The highest BCUT2D eigenvalue weighted by atomic mass is 16.5. The maximum atomic E-state index is 4.94. The average Bonchev–Trinajstić information content (AvgIpc) is 3.38. The van der Waals surface area contributed by atoms with Crippen LogP contribution in [0.1, 0.15) is 23.7 Å². The Morgan fingerprint density at radius 2 is 2.10 bits per heavy atom. The van der Waals surface area contributed by atoms with E-state index in [2.05, 4.69) is 63.5 Å². The Kier molecular flexibility index (Phi) is 6.14. The molecule has 1 fully saturated rings. The Bertz CT molecular complexity index is 938. The molecule has 0 spiro atoms. The van der Waals surface area contributed by atoms with Gasteiger partial charge >= 0.3 is 0 Å². The predicted molar refractivity (Wildman–Crippen MR) is 116 cm³/mol. The zero-order chi connectivity index (χ0) is 20.1. The Balaban J connectivity index is 1.34. The number of aryl methyl sites for hydroxylation is 1. The topological polar surface area (TPSA) is 72.7 Å². The van der Waals surface area contributed by atoms with E-state index in [0.717, 1.165) is 63.9 Å². The molecule has 0 aliphatic carbocycles. The molecule has 3 aromatic rings. The van der Waals surface area contributed by atoms with Crippen LogP contribution in [0.5, 0.6) is 0 Å². The maximum absolute atomic E-state index is 4.94. The van der Waals surface area contributed by atoms with Crippen molar-refractivity contribution in [2.24, 2.45) is 4.99 Å². The Morgan fingerprint density at radius 3 is 2.86 bits per heavy atom. The molecule has 29 heavy (non-hydrogen) atoms. The van der Waals surface area contributed by atoms with Crippen LogP contribution in [-0.2, 0) is 13.0 Å². The van der Waals surface area contributed by atoms with Gasteiger partial charge in [-0.15, -0.1) is 0 Å². The van der Waals surface area contributed by atoms with E-state index in [-0.39, 0.29) is 0 Å². The quantitative estimate of drug-likeness (QED) is 0.497. The molecule has 3 heterocycles. The number of guanidine groups is 1. The van der Waals surface area contributed by atoms with Gasteiger partial charge in [0.2, 0.25) is 0 Å². The van der Waals surface area contributed by atoms with Crippen molar-refractivity contribution in [3.63, 3.8) is 0 Å². The van der Waals surface area contributed by atoms with E-state index in [1.54, 1.807) is 6.26 Å². The molecule has 0 bridgehead atoms. The number of aromatic amines is 1. The van der Waals surface area contributed by atoms with Crippen LogP contribution < -0.4 is 5.32 Å². The lowest BCUT2D eigenvalue weighted by atomic mass is 10.1. The van der Waals surface area contributed by atoms with Gasteiger partial charge < -0.3 is 19.7 Å². The summed E-state index contributed by atoms with van der Waals surface area (Å²) in [7, 11) is 0. The summed E-state index contributed by atoms with van der Waals surface area (Å²) >= 11 is 0. The lowest BCUT2D eigenvalue weighted by Crippen LogP contribution is -2.52. The smallest absolute Gasteiger partial charge is 0.194 e. The summed E-state index contributed by atoms with van der Waals surface area (Å²) in [5.41, 5.74) is 4.81. The molecule has 0 atom stereocenters. The van der Waals surface area contributed by atoms with Gasteiger partial charge in [0.25, 0.3) is 0 Å². The van der Waals surface area contributed by atoms with Crippen LogP contribution in [-0.4, -0.2) is 65.2 Å². The average molecular weight is 395 g/mol. The molecule has 0 amide bonds. The van der Waals surface area contributed by atoms with Crippen LogP contribution in [0.15, 0.2) is 46.2 Å². The summed E-state index contributed by atoms with van der Waals surface area (Å²) in [6.07, 6.45) is 4.69. The van der Waals surface area contributed by atoms with Crippen molar-refractivity contribution < 1.29 is 4.52 Å². The number of rotatable bonds is 6. The second-order valence-electron chi connectivity index (χ2n) is 7.60. The molecule has 0 saturated carbocycles. The lowest BCUT2D eigenvalue weighted by molar-refractivity contribution is 0.169. The Labute approximate surface area is 171 Å². The van der Waals surface area contributed by atoms with E-state index >= 15 is 0 Å². The van der Waals surface area contributed by atoms with Crippen molar-refractivity contribution in [2.45, 2.75) is 26.8 Å². The van der Waals surface area contributed by atoms with Gasteiger partial charge in [0, 0.05) is 69.0 Å². The molecule has 7 nitrogen and oxygen atoms in total. The van der Waals surface area contributed by atoms with Crippen molar-refractivity contribution in [3.05, 3.63) is 53.5 Å². The Morgan fingerprint density at radius 1 is 1.24 bits per heavy atom. The van der Waals surface area contributed by atoms with Crippen LogP contribution in [0, 0.1) is 6.92 Å². The van der Waals surface area contributed by atoms with Crippen molar-refractivity contribution in [3.8, 4) is 0 Å². The Hall–Kier alpha value is -2.80. The first-order valence-electron chi connectivity index (χ1n) is 10.4. The zero-order valence-corrected chi connectivity index (χ0v) is 17.3. The summed E-state index contributed by atoms with van der Waals surface area (Å²) in [5.74, 6) is 1.02. The first-order valence-corrected chi connectivity index (χ1v) is 10.4. The third-order valence-corrected chi connectivity index (χ3v) is 5.45. The summed E-state index contributed by atoms with van der Waals surface area (Å²) in [5, 5.41) is 8.78. The van der Waals surface area contributed by atoms with E-state index in [9.17, 15) is 0 Å². The minimum Gasteiger partial charge on any atom is -0.364 e. The third-order valence-electron chi connectivity index (χ3n) is 5.45. The van der Waals surface area contributed by atoms with Crippen molar-refractivity contribution in [2.75, 3.05) is 39.3 Å². The first-order chi connectivity index (χ1) is 14.2. The number of aliphatic imine (C=N–C) groups is 1. The largest absolute Gasteiger partial charge is 0.364 e. The minimum absolute atomic E-state index is 0.780. The van der Waals surface area contributed by atoms with Crippen LogP contribution in [0.25, 0.3) is 10.9 Å². The number of H-pyrrole nitrogens is 1. The SMILES string of the molecule is CCNC(=NCCc1c[nH]c2cc(C)ccc12)N1CCN(Cc2ccon2)CC1. The fraction of sp³-hybridized carbons (Fsp3) is 0.455. The number of nitrogens with one attached hydrogen (secondary N) is 2. The summed E-state index contributed by atoms with van der Waals surface area (Å²) in [6.45, 7) is 10.7. The van der Waals surface area contributed by atoms with Gasteiger partial charge in [-0.2, -0.15) is 0 Å². The van der Waals surface area contributed by atoms with Gasteiger partial charge in [-0.3, -0.25) is 9.89 Å². The first kappa shape index (κ1) is 19.5. The summed E-state index contributed by atoms with van der Waals surface area (Å²) in [4.78, 5) is 13.1. The number of piperazine rings is 1. The highest BCUT2D eigenvalue weighted by molar-refractivity contribution is 5.84. The van der Waals surface area contributed by atoms with E-state index in [1.165, 1.54) is 22.0 Å². The molecule has 7 heteroatoms. The van der Waals surface area contributed by atoms with Gasteiger partial charge in [0.15, 0.2) is 5.96 Å². The summed E-state index contributed by atoms with van der Waals surface area (Å²) < 4.78 is 4.94. The number of fused-ring (bicyclic) bond motifs is 1. The third kappa shape index (κ3) is 4.79. The molecule has 2 aromatic heterocycles. The van der Waals surface area contributed by atoms with Gasteiger partial charge in [-0.05, 0) is 37.5 Å². The van der Waals surface area contributed by atoms with Gasteiger partial charge in [-0.25, -0.2) is 0 Å². The number of benzene rings is 1. The fourth-order valence-corrected chi connectivity index (χ4v) is 3.88. The molecule has 0 radical (unpaired) electrons.